The molecule has 0 unspecified atom stereocenters. The third kappa shape index (κ3) is 5.34. The number of halogens is 1. The van der Waals surface area contributed by atoms with E-state index in [1.165, 1.54) is 28.9 Å². The first-order chi connectivity index (χ1) is 14.3. The lowest BCUT2D eigenvalue weighted by Gasteiger charge is -2.31. The van der Waals surface area contributed by atoms with Crippen LogP contribution in [0.25, 0.3) is 0 Å². The summed E-state index contributed by atoms with van der Waals surface area (Å²) in [5.74, 6) is -1.08. The third-order valence-electron chi connectivity index (χ3n) is 5.95. The van der Waals surface area contributed by atoms with Gasteiger partial charge in [-0.25, -0.2) is 13.2 Å². The molecule has 1 heterocycles. The SMILES string of the molecule is CN(C(=O)COC(=O)c1cc(S(=O)(=O)N2CCCCC2)ccc1Cl)C1CCCCC1. The molecule has 1 aliphatic heterocycles. The molecule has 0 radical (unpaired) electrons. The Bertz CT molecular complexity index is 877. The highest BCUT2D eigenvalue weighted by molar-refractivity contribution is 7.89. The van der Waals surface area contributed by atoms with Gasteiger partial charge in [0.1, 0.15) is 0 Å². The van der Waals surface area contributed by atoms with Crippen LogP contribution in [0.15, 0.2) is 23.1 Å². The number of rotatable bonds is 6. The molecule has 1 saturated heterocycles. The number of piperidine rings is 1. The zero-order valence-corrected chi connectivity index (χ0v) is 18.9. The van der Waals surface area contributed by atoms with Crippen molar-refractivity contribution in [2.45, 2.75) is 62.3 Å². The van der Waals surface area contributed by atoms with Gasteiger partial charge in [0.05, 0.1) is 15.5 Å². The molecule has 1 saturated carbocycles. The van der Waals surface area contributed by atoms with Crippen molar-refractivity contribution < 1.29 is 22.7 Å². The van der Waals surface area contributed by atoms with Gasteiger partial charge in [0.15, 0.2) is 6.61 Å². The average molecular weight is 457 g/mol. The minimum atomic E-state index is -3.70. The Kier molecular flexibility index (Phi) is 7.76. The summed E-state index contributed by atoms with van der Waals surface area (Å²) in [6.45, 7) is 0.532. The molecule has 1 aromatic rings. The fraction of sp³-hybridized carbons (Fsp3) is 0.619. The van der Waals surface area contributed by atoms with Crippen LogP contribution in [0.5, 0.6) is 0 Å². The maximum atomic E-state index is 12.9. The van der Waals surface area contributed by atoms with Gasteiger partial charge in [-0.2, -0.15) is 4.31 Å². The molecule has 7 nitrogen and oxygen atoms in total. The molecule has 2 aliphatic rings. The van der Waals surface area contributed by atoms with Crippen LogP contribution in [-0.4, -0.2) is 62.3 Å². The number of hydrogen-bond donors (Lipinski definition) is 0. The fourth-order valence-electron chi connectivity index (χ4n) is 4.05. The number of ether oxygens (including phenoxy) is 1. The van der Waals surface area contributed by atoms with Crippen LogP contribution < -0.4 is 0 Å². The van der Waals surface area contributed by atoms with Crippen LogP contribution in [0, 0.1) is 0 Å². The number of carbonyl (C=O) groups excluding carboxylic acids is 2. The van der Waals surface area contributed by atoms with Gasteiger partial charge >= 0.3 is 5.97 Å². The zero-order chi connectivity index (χ0) is 21.7. The van der Waals surface area contributed by atoms with E-state index >= 15 is 0 Å². The lowest BCUT2D eigenvalue weighted by Crippen LogP contribution is -2.40. The zero-order valence-electron chi connectivity index (χ0n) is 17.3. The molecule has 0 bridgehead atoms. The Labute approximate surface area is 183 Å². The number of benzene rings is 1. The lowest BCUT2D eigenvalue weighted by molar-refractivity contribution is -0.135. The van der Waals surface area contributed by atoms with Crippen molar-refractivity contribution in [2.24, 2.45) is 0 Å². The molecule has 2 fully saturated rings. The van der Waals surface area contributed by atoms with Crippen LogP contribution >= 0.6 is 11.6 Å². The van der Waals surface area contributed by atoms with Crippen molar-refractivity contribution >= 4 is 33.5 Å². The molecule has 0 aromatic heterocycles. The molecule has 3 rings (SSSR count). The summed E-state index contributed by atoms with van der Waals surface area (Å²) < 4.78 is 32.3. The Hall–Kier alpha value is -1.64. The number of sulfonamides is 1. The topological polar surface area (TPSA) is 84.0 Å². The predicted octanol–water partition coefficient (Wildman–Crippen LogP) is 3.46. The molecule has 1 aromatic carbocycles. The van der Waals surface area contributed by atoms with Gasteiger partial charge < -0.3 is 9.64 Å². The summed E-state index contributed by atoms with van der Waals surface area (Å²) in [6.07, 6.45) is 7.93. The molecule has 0 atom stereocenters. The molecular formula is C21H29ClN2O5S. The second-order valence-electron chi connectivity index (χ2n) is 7.98. The minimum Gasteiger partial charge on any atom is -0.452 e. The van der Waals surface area contributed by atoms with E-state index in [0.29, 0.717) is 13.1 Å². The van der Waals surface area contributed by atoms with E-state index in [4.69, 9.17) is 16.3 Å². The maximum Gasteiger partial charge on any atom is 0.340 e. The summed E-state index contributed by atoms with van der Waals surface area (Å²) in [6, 6.07) is 4.19. The van der Waals surface area contributed by atoms with Crippen molar-refractivity contribution in [1.29, 1.82) is 0 Å². The van der Waals surface area contributed by atoms with E-state index in [1.54, 1.807) is 11.9 Å². The molecule has 0 spiro atoms. The molecule has 166 valence electrons. The summed E-state index contributed by atoms with van der Waals surface area (Å²) >= 11 is 6.12. The minimum absolute atomic E-state index is 0.00593. The molecule has 30 heavy (non-hydrogen) atoms. The summed E-state index contributed by atoms with van der Waals surface area (Å²) in [5.41, 5.74) is -0.0529. The van der Waals surface area contributed by atoms with Crippen LogP contribution in [0.3, 0.4) is 0 Å². The summed E-state index contributed by atoms with van der Waals surface area (Å²) in [5, 5.41) is 0.0886. The van der Waals surface area contributed by atoms with Gasteiger partial charge in [0, 0.05) is 26.2 Å². The molecular weight excluding hydrogens is 428 g/mol. The third-order valence-corrected chi connectivity index (χ3v) is 8.18. The van der Waals surface area contributed by atoms with Crippen molar-refractivity contribution in [3.8, 4) is 0 Å². The first-order valence-corrected chi connectivity index (χ1v) is 12.3. The van der Waals surface area contributed by atoms with Crippen molar-refractivity contribution in [1.82, 2.24) is 9.21 Å². The summed E-state index contributed by atoms with van der Waals surface area (Å²) in [4.78, 5) is 26.6. The van der Waals surface area contributed by atoms with Gasteiger partial charge in [0.2, 0.25) is 10.0 Å². The van der Waals surface area contributed by atoms with Gasteiger partial charge in [-0.05, 0) is 43.9 Å². The van der Waals surface area contributed by atoms with Gasteiger partial charge in [-0.1, -0.05) is 37.3 Å². The Balaban J connectivity index is 1.66. The Morgan fingerprint density at radius 1 is 1.10 bits per heavy atom. The van der Waals surface area contributed by atoms with E-state index in [1.807, 2.05) is 0 Å². The van der Waals surface area contributed by atoms with Crippen LogP contribution in [0.1, 0.15) is 61.7 Å². The van der Waals surface area contributed by atoms with E-state index in [9.17, 15) is 18.0 Å². The smallest absolute Gasteiger partial charge is 0.340 e. The number of amides is 1. The first kappa shape index (κ1) is 23.0. The first-order valence-electron chi connectivity index (χ1n) is 10.5. The van der Waals surface area contributed by atoms with Gasteiger partial charge in [0.25, 0.3) is 5.91 Å². The molecule has 1 amide bonds. The highest BCUT2D eigenvalue weighted by atomic mass is 35.5. The molecule has 1 aliphatic carbocycles. The van der Waals surface area contributed by atoms with Gasteiger partial charge in [-0.15, -0.1) is 0 Å². The monoisotopic (exact) mass is 456 g/mol. The number of esters is 1. The molecule has 0 N–H and O–H groups in total. The van der Waals surface area contributed by atoms with E-state index in [0.717, 1.165) is 44.9 Å². The maximum absolute atomic E-state index is 12.9. The van der Waals surface area contributed by atoms with Crippen LogP contribution in [-0.2, 0) is 19.6 Å². The average Bonchev–Trinajstić information content (AvgIpc) is 2.78. The van der Waals surface area contributed by atoms with Crippen molar-refractivity contribution in [2.75, 3.05) is 26.7 Å². The predicted molar refractivity (Wildman–Crippen MR) is 114 cm³/mol. The number of likely N-dealkylation sites (N-methyl/N-ethyl adjacent to an activating group) is 1. The van der Waals surface area contributed by atoms with E-state index in [2.05, 4.69) is 0 Å². The van der Waals surface area contributed by atoms with E-state index < -0.39 is 22.6 Å². The number of nitrogens with zero attached hydrogens (tertiary/aromatic N) is 2. The normalized spacial score (nSPS) is 18.7. The van der Waals surface area contributed by atoms with Crippen LogP contribution in [0.4, 0.5) is 0 Å². The number of carbonyl (C=O) groups is 2. The largest absolute Gasteiger partial charge is 0.452 e. The van der Waals surface area contributed by atoms with Crippen molar-refractivity contribution in [3.63, 3.8) is 0 Å². The Morgan fingerprint density at radius 3 is 2.40 bits per heavy atom. The van der Waals surface area contributed by atoms with Gasteiger partial charge in [-0.3, -0.25) is 4.79 Å². The highest BCUT2D eigenvalue weighted by Crippen LogP contribution is 2.26. The molecule has 9 heteroatoms. The summed E-state index contributed by atoms with van der Waals surface area (Å²) in [7, 11) is -1.98. The standard InChI is InChI=1S/C21H29ClN2O5S/c1-23(16-8-4-2-5-9-16)20(25)15-29-21(26)18-14-17(10-11-19(18)22)30(27,28)24-12-6-3-7-13-24/h10-11,14,16H,2-9,12-13,15H2,1H3. The fourth-order valence-corrected chi connectivity index (χ4v) is 5.79. The second kappa shape index (κ2) is 10.1. The number of hydrogen-bond acceptors (Lipinski definition) is 5. The van der Waals surface area contributed by atoms with Crippen LogP contribution in [0.2, 0.25) is 5.02 Å². The second-order valence-corrected chi connectivity index (χ2v) is 10.3. The lowest BCUT2D eigenvalue weighted by atomic mass is 9.94. The highest BCUT2D eigenvalue weighted by Gasteiger charge is 2.28. The van der Waals surface area contributed by atoms with E-state index in [-0.39, 0.29) is 27.4 Å². The quantitative estimate of drug-likeness (QED) is 0.612. The van der Waals surface area contributed by atoms with Crippen molar-refractivity contribution in [3.05, 3.63) is 28.8 Å². The Morgan fingerprint density at radius 2 is 1.73 bits per heavy atom.